The summed E-state index contributed by atoms with van der Waals surface area (Å²) in [7, 11) is 0. The minimum Gasteiger partial charge on any atom is -0.306 e. The van der Waals surface area contributed by atoms with Gasteiger partial charge < -0.3 is 5.32 Å². The van der Waals surface area contributed by atoms with Gasteiger partial charge in [-0.15, -0.1) is 0 Å². The molecular weight excluding hydrogens is 371 g/mol. The molecule has 100 valence electrons. The first-order chi connectivity index (χ1) is 9.13. The van der Waals surface area contributed by atoms with E-state index in [2.05, 4.69) is 52.8 Å². The summed E-state index contributed by atoms with van der Waals surface area (Å²) >= 11 is 8.48. The van der Waals surface area contributed by atoms with Gasteiger partial charge in [0.1, 0.15) is 0 Å². The summed E-state index contributed by atoms with van der Waals surface area (Å²) in [6.07, 6.45) is 3.75. The van der Waals surface area contributed by atoms with Gasteiger partial charge in [0, 0.05) is 16.0 Å². The van der Waals surface area contributed by atoms with Crippen LogP contribution in [0.2, 0.25) is 5.02 Å². The fraction of sp³-hybridized carbons (Fsp3) is 0.267. The Morgan fingerprint density at radius 3 is 2.79 bits per heavy atom. The Hall–Kier alpha value is -0.650. The normalized spacial score (nSPS) is 12.4. The third-order valence-electron chi connectivity index (χ3n) is 3.08. The maximum absolute atomic E-state index is 6.23. The van der Waals surface area contributed by atoms with Crippen molar-refractivity contribution in [3.05, 3.63) is 61.9 Å². The van der Waals surface area contributed by atoms with Crippen LogP contribution >= 0.6 is 34.2 Å². The van der Waals surface area contributed by atoms with Gasteiger partial charge in [-0.25, -0.2) is 0 Å². The number of aromatic nitrogens is 1. The first-order valence-electron chi connectivity index (χ1n) is 6.22. The molecule has 0 aliphatic heterocycles. The standard InChI is InChI=1S/C15H16ClIN2/c1-3-19-15(12-9-18-7-6-10(12)2)11-4-5-14(17)13(16)8-11/h4-9,15,19H,3H2,1-2H3. The zero-order valence-corrected chi connectivity index (χ0v) is 13.9. The molecule has 0 saturated heterocycles. The lowest BCUT2D eigenvalue weighted by molar-refractivity contribution is 0.625. The number of benzene rings is 1. The van der Waals surface area contributed by atoms with Crippen LogP contribution < -0.4 is 5.32 Å². The van der Waals surface area contributed by atoms with Gasteiger partial charge in [0.15, 0.2) is 0 Å². The Bertz CT molecular complexity index is 572. The highest BCUT2D eigenvalue weighted by Crippen LogP contribution is 2.28. The van der Waals surface area contributed by atoms with Crippen molar-refractivity contribution in [2.75, 3.05) is 6.54 Å². The Morgan fingerprint density at radius 2 is 2.16 bits per heavy atom. The van der Waals surface area contributed by atoms with E-state index in [1.54, 1.807) is 0 Å². The van der Waals surface area contributed by atoms with Gasteiger partial charge in [-0.1, -0.05) is 24.6 Å². The fourth-order valence-corrected chi connectivity index (χ4v) is 2.61. The fourth-order valence-electron chi connectivity index (χ4n) is 2.08. The summed E-state index contributed by atoms with van der Waals surface area (Å²) < 4.78 is 1.07. The smallest absolute Gasteiger partial charge is 0.0595 e. The molecule has 0 fully saturated rings. The largest absolute Gasteiger partial charge is 0.306 e. The molecule has 1 aromatic carbocycles. The number of aryl methyl sites for hydroxylation is 1. The summed E-state index contributed by atoms with van der Waals surface area (Å²) in [4.78, 5) is 4.24. The van der Waals surface area contributed by atoms with Crippen molar-refractivity contribution < 1.29 is 0 Å². The van der Waals surface area contributed by atoms with Crippen molar-refractivity contribution in [1.82, 2.24) is 10.3 Å². The number of pyridine rings is 1. The summed E-state index contributed by atoms with van der Waals surface area (Å²) in [5.74, 6) is 0. The van der Waals surface area contributed by atoms with E-state index >= 15 is 0 Å². The third kappa shape index (κ3) is 3.46. The minimum atomic E-state index is 0.133. The molecule has 1 aromatic heterocycles. The van der Waals surface area contributed by atoms with E-state index in [0.29, 0.717) is 0 Å². The molecule has 4 heteroatoms. The summed E-state index contributed by atoms with van der Waals surface area (Å²) in [6.45, 7) is 5.10. The molecule has 0 bridgehead atoms. The van der Waals surface area contributed by atoms with Crippen LogP contribution in [0.4, 0.5) is 0 Å². The summed E-state index contributed by atoms with van der Waals surface area (Å²) in [5, 5.41) is 4.30. The van der Waals surface area contributed by atoms with E-state index < -0.39 is 0 Å². The average molecular weight is 387 g/mol. The molecular formula is C15H16ClIN2. The zero-order valence-electron chi connectivity index (χ0n) is 11.0. The molecule has 2 nitrogen and oxygen atoms in total. The quantitative estimate of drug-likeness (QED) is 0.790. The Balaban J connectivity index is 2.45. The maximum atomic E-state index is 6.23. The molecule has 2 aromatic rings. The monoisotopic (exact) mass is 386 g/mol. The van der Waals surface area contributed by atoms with Crippen molar-refractivity contribution in [3.8, 4) is 0 Å². The van der Waals surface area contributed by atoms with Crippen LogP contribution in [-0.4, -0.2) is 11.5 Å². The van der Waals surface area contributed by atoms with E-state index in [9.17, 15) is 0 Å². The number of hydrogen-bond acceptors (Lipinski definition) is 2. The molecule has 0 aliphatic rings. The lowest BCUT2D eigenvalue weighted by Gasteiger charge is -2.21. The molecule has 19 heavy (non-hydrogen) atoms. The van der Waals surface area contributed by atoms with Crippen LogP contribution in [0.3, 0.4) is 0 Å². The number of hydrogen-bond donors (Lipinski definition) is 1. The highest BCUT2D eigenvalue weighted by atomic mass is 127. The van der Waals surface area contributed by atoms with Crippen LogP contribution in [0.25, 0.3) is 0 Å². The summed E-state index contributed by atoms with van der Waals surface area (Å²) in [6, 6.07) is 8.37. The Kier molecular flexibility index (Phi) is 5.19. The highest BCUT2D eigenvalue weighted by Gasteiger charge is 2.16. The predicted octanol–water partition coefficient (Wildman–Crippen LogP) is 4.35. The van der Waals surface area contributed by atoms with Gasteiger partial charge in [0.05, 0.1) is 11.1 Å². The molecule has 0 saturated carbocycles. The highest BCUT2D eigenvalue weighted by molar-refractivity contribution is 14.1. The minimum absolute atomic E-state index is 0.133. The first kappa shape index (κ1) is 14.8. The number of nitrogens with zero attached hydrogens (tertiary/aromatic N) is 1. The first-order valence-corrected chi connectivity index (χ1v) is 7.68. The molecule has 1 N–H and O–H groups in total. The van der Waals surface area contributed by atoms with Gasteiger partial charge in [-0.2, -0.15) is 0 Å². The van der Waals surface area contributed by atoms with Crippen molar-refractivity contribution in [1.29, 1.82) is 0 Å². The molecule has 0 amide bonds. The van der Waals surface area contributed by atoms with Crippen LogP contribution in [0.15, 0.2) is 36.7 Å². The molecule has 1 unspecified atom stereocenters. The molecule has 0 radical (unpaired) electrons. The van der Waals surface area contributed by atoms with E-state index in [4.69, 9.17) is 11.6 Å². The van der Waals surface area contributed by atoms with Crippen molar-refractivity contribution >= 4 is 34.2 Å². The van der Waals surface area contributed by atoms with Crippen LogP contribution in [0.5, 0.6) is 0 Å². The predicted molar refractivity (Wildman–Crippen MR) is 88.7 cm³/mol. The van der Waals surface area contributed by atoms with E-state index in [-0.39, 0.29) is 6.04 Å². The SMILES string of the molecule is CCNC(c1ccc(I)c(Cl)c1)c1cnccc1C. The maximum Gasteiger partial charge on any atom is 0.0595 e. The van der Waals surface area contributed by atoms with E-state index in [1.807, 2.05) is 30.6 Å². The second-order valence-electron chi connectivity index (χ2n) is 4.40. The molecule has 1 heterocycles. The Labute approximate surface area is 132 Å². The van der Waals surface area contributed by atoms with Gasteiger partial charge >= 0.3 is 0 Å². The van der Waals surface area contributed by atoms with Gasteiger partial charge in [0.25, 0.3) is 0 Å². The van der Waals surface area contributed by atoms with Crippen molar-refractivity contribution in [2.24, 2.45) is 0 Å². The number of halogens is 2. The summed E-state index contributed by atoms with van der Waals surface area (Å²) in [5.41, 5.74) is 3.60. The zero-order chi connectivity index (χ0) is 13.8. The second-order valence-corrected chi connectivity index (χ2v) is 5.97. The third-order valence-corrected chi connectivity index (χ3v) is 4.65. The van der Waals surface area contributed by atoms with Crippen molar-refractivity contribution in [2.45, 2.75) is 19.9 Å². The van der Waals surface area contributed by atoms with Crippen LogP contribution in [-0.2, 0) is 0 Å². The Morgan fingerprint density at radius 1 is 1.37 bits per heavy atom. The van der Waals surface area contributed by atoms with Crippen molar-refractivity contribution in [3.63, 3.8) is 0 Å². The molecule has 1 atom stereocenters. The molecule has 0 spiro atoms. The van der Waals surface area contributed by atoms with Crippen LogP contribution in [0, 0.1) is 10.5 Å². The van der Waals surface area contributed by atoms with Crippen LogP contribution in [0.1, 0.15) is 29.7 Å². The van der Waals surface area contributed by atoms with Gasteiger partial charge in [-0.05, 0) is 70.9 Å². The number of nitrogens with one attached hydrogen (secondary N) is 1. The van der Waals surface area contributed by atoms with E-state index in [1.165, 1.54) is 16.7 Å². The average Bonchev–Trinajstić information content (AvgIpc) is 2.40. The molecule has 2 rings (SSSR count). The lowest BCUT2D eigenvalue weighted by Crippen LogP contribution is -2.23. The second kappa shape index (κ2) is 6.68. The number of rotatable bonds is 4. The topological polar surface area (TPSA) is 24.9 Å². The van der Waals surface area contributed by atoms with E-state index in [0.717, 1.165) is 15.1 Å². The van der Waals surface area contributed by atoms with Gasteiger partial charge in [0.2, 0.25) is 0 Å². The molecule has 0 aliphatic carbocycles. The van der Waals surface area contributed by atoms with Gasteiger partial charge in [-0.3, -0.25) is 4.98 Å². The lowest BCUT2D eigenvalue weighted by atomic mass is 9.97.